The Bertz CT molecular complexity index is 623. The maximum atomic E-state index is 12.2. The number of morpholine rings is 1. The third-order valence-corrected chi connectivity index (χ3v) is 4.84. The quantitative estimate of drug-likeness (QED) is 0.619. The number of likely N-dealkylation sites (tertiary alicyclic amines) is 1. The van der Waals surface area contributed by atoms with Crippen molar-refractivity contribution in [3.63, 3.8) is 0 Å². The van der Waals surface area contributed by atoms with Crippen molar-refractivity contribution in [2.45, 2.75) is 32.3 Å². The third kappa shape index (κ3) is 4.75. The molecule has 1 aromatic heterocycles. The minimum absolute atomic E-state index is 0.00691. The van der Waals surface area contributed by atoms with Gasteiger partial charge in [-0.25, -0.2) is 0 Å². The van der Waals surface area contributed by atoms with Crippen molar-refractivity contribution in [2.24, 2.45) is 12.0 Å². The van der Waals surface area contributed by atoms with Crippen LogP contribution in [0, 0.1) is 0 Å². The molecular weight excluding hydrogens is 332 g/mol. The predicted molar refractivity (Wildman–Crippen MR) is 99.9 cm³/mol. The Labute approximate surface area is 155 Å². The van der Waals surface area contributed by atoms with E-state index >= 15 is 0 Å². The molecule has 2 aliphatic heterocycles. The first-order valence-electron chi connectivity index (χ1n) is 9.58. The zero-order chi connectivity index (χ0) is 18.4. The lowest BCUT2D eigenvalue weighted by molar-refractivity contribution is -0.129. The van der Waals surface area contributed by atoms with Gasteiger partial charge < -0.3 is 19.9 Å². The molecule has 2 aliphatic rings. The summed E-state index contributed by atoms with van der Waals surface area (Å²) in [6.07, 6.45) is 6.57. The van der Waals surface area contributed by atoms with Crippen LogP contribution < -0.4 is 5.32 Å². The fraction of sp³-hybridized carbons (Fsp3) is 0.722. The SMILES string of the molecule is CCNC(=NCCC(=O)N1CCCC1)N1CCOC(c2cnn(C)c2)C1. The molecule has 8 heteroatoms. The molecule has 144 valence electrons. The number of ether oxygens (including phenoxy) is 1. The van der Waals surface area contributed by atoms with Gasteiger partial charge in [-0.3, -0.25) is 14.5 Å². The van der Waals surface area contributed by atoms with Crippen LogP contribution in [0.25, 0.3) is 0 Å². The smallest absolute Gasteiger partial charge is 0.224 e. The molecule has 3 heterocycles. The number of hydrogen-bond donors (Lipinski definition) is 1. The number of rotatable bonds is 5. The Morgan fingerprint density at radius 2 is 2.15 bits per heavy atom. The van der Waals surface area contributed by atoms with Crippen LogP contribution in [0.5, 0.6) is 0 Å². The van der Waals surface area contributed by atoms with Crippen molar-refractivity contribution < 1.29 is 9.53 Å². The van der Waals surface area contributed by atoms with Crippen molar-refractivity contribution in [2.75, 3.05) is 45.9 Å². The molecule has 0 radical (unpaired) electrons. The van der Waals surface area contributed by atoms with Crippen LogP contribution in [0.3, 0.4) is 0 Å². The number of nitrogens with one attached hydrogen (secondary N) is 1. The number of amides is 1. The normalized spacial score (nSPS) is 21.3. The summed E-state index contributed by atoms with van der Waals surface area (Å²) in [6, 6.07) is 0. The molecule has 1 atom stereocenters. The summed E-state index contributed by atoms with van der Waals surface area (Å²) in [5.74, 6) is 1.08. The molecule has 2 fully saturated rings. The Hall–Kier alpha value is -2.09. The molecule has 3 rings (SSSR count). The lowest BCUT2D eigenvalue weighted by Gasteiger charge is -2.34. The Balaban J connectivity index is 1.57. The Morgan fingerprint density at radius 3 is 2.85 bits per heavy atom. The summed E-state index contributed by atoms with van der Waals surface area (Å²) in [4.78, 5) is 21.1. The first-order chi connectivity index (χ1) is 12.7. The molecule has 0 spiro atoms. The first kappa shape index (κ1) is 18.7. The lowest BCUT2D eigenvalue weighted by Crippen LogP contribution is -2.48. The van der Waals surface area contributed by atoms with Gasteiger partial charge in [0.2, 0.25) is 5.91 Å². The van der Waals surface area contributed by atoms with E-state index in [4.69, 9.17) is 4.74 Å². The zero-order valence-corrected chi connectivity index (χ0v) is 15.9. The molecule has 8 nitrogen and oxygen atoms in total. The predicted octanol–water partition coefficient (Wildman–Crippen LogP) is 0.771. The van der Waals surface area contributed by atoms with Crippen molar-refractivity contribution in [1.29, 1.82) is 0 Å². The molecule has 2 saturated heterocycles. The average molecular weight is 362 g/mol. The van der Waals surface area contributed by atoms with Crippen molar-refractivity contribution >= 4 is 11.9 Å². The minimum atomic E-state index is -0.00691. The highest BCUT2D eigenvalue weighted by Gasteiger charge is 2.25. The number of carbonyl (C=O) groups is 1. The highest BCUT2D eigenvalue weighted by atomic mass is 16.5. The number of nitrogens with zero attached hydrogens (tertiary/aromatic N) is 5. The monoisotopic (exact) mass is 362 g/mol. The van der Waals surface area contributed by atoms with Crippen LogP contribution >= 0.6 is 0 Å². The molecule has 0 aliphatic carbocycles. The largest absolute Gasteiger partial charge is 0.370 e. The van der Waals surface area contributed by atoms with Gasteiger partial charge in [-0.1, -0.05) is 0 Å². The van der Waals surface area contributed by atoms with Gasteiger partial charge in [0.1, 0.15) is 6.10 Å². The van der Waals surface area contributed by atoms with Gasteiger partial charge in [0.25, 0.3) is 0 Å². The van der Waals surface area contributed by atoms with E-state index in [0.717, 1.165) is 57.1 Å². The van der Waals surface area contributed by atoms with Gasteiger partial charge in [0, 0.05) is 51.4 Å². The Morgan fingerprint density at radius 1 is 1.35 bits per heavy atom. The number of aromatic nitrogens is 2. The standard InChI is InChI=1S/C18H30N6O2/c1-3-19-18(20-7-6-17(25)23-8-4-5-9-23)24-10-11-26-16(14-24)15-12-21-22(2)13-15/h12-13,16H,3-11,14H2,1-2H3,(H,19,20). The van der Waals surface area contributed by atoms with E-state index in [1.54, 1.807) is 4.68 Å². The van der Waals surface area contributed by atoms with Gasteiger partial charge >= 0.3 is 0 Å². The van der Waals surface area contributed by atoms with E-state index in [2.05, 4.69) is 27.2 Å². The summed E-state index contributed by atoms with van der Waals surface area (Å²) in [7, 11) is 1.91. The first-order valence-corrected chi connectivity index (χ1v) is 9.58. The summed E-state index contributed by atoms with van der Waals surface area (Å²) >= 11 is 0. The summed E-state index contributed by atoms with van der Waals surface area (Å²) in [5, 5.41) is 7.58. The highest BCUT2D eigenvalue weighted by molar-refractivity contribution is 5.81. The van der Waals surface area contributed by atoms with Gasteiger partial charge in [-0.05, 0) is 19.8 Å². The number of carbonyl (C=O) groups excluding carboxylic acids is 1. The molecule has 0 bridgehead atoms. The molecule has 1 aromatic rings. The maximum Gasteiger partial charge on any atom is 0.224 e. The molecule has 1 unspecified atom stereocenters. The van der Waals surface area contributed by atoms with E-state index in [-0.39, 0.29) is 12.0 Å². The molecular formula is C18H30N6O2. The minimum Gasteiger partial charge on any atom is -0.370 e. The van der Waals surface area contributed by atoms with Crippen LogP contribution in [-0.4, -0.2) is 77.3 Å². The molecule has 0 saturated carbocycles. The second-order valence-corrected chi connectivity index (χ2v) is 6.83. The van der Waals surface area contributed by atoms with E-state index in [1.807, 2.05) is 24.3 Å². The van der Waals surface area contributed by atoms with Crippen LogP contribution in [-0.2, 0) is 16.6 Å². The second-order valence-electron chi connectivity index (χ2n) is 6.83. The summed E-state index contributed by atoms with van der Waals surface area (Å²) < 4.78 is 7.70. The molecule has 1 N–H and O–H groups in total. The molecule has 1 amide bonds. The fourth-order valence-corrected chi connectivity index (χ4v) is 3.46. The number of hydrogen-bond acceptors (Lipinski definition) is 4. The summed E-state index contributed by atoms with van der Waals surface area (Å²) in [6.45, 7) is 7.36. The summed E-state index contributed by atoms with van der Waals surface area (Å²) in [5.41, 5.74) is 1.08. The second kappa shape index (κ2) is 9.02. The topological polar surface area (TPSA) is 75.0 Å². The van der Waals surface area contributed by atoms with Crippen LogP contribution in [0.2, 0.25) is 0 Å². The van der Waals surface area contributed by atoms with E-state index in [1.165, 1.54) is 0 Å². The fourth-order valence-electron chi connectivity index (χ4n) is 3.46. The van der Waals surface area contributed by atoms with Crippen molar-refractivity contribution in [1.82, 2.24) is 24.9 Å². The van der Waals surface area contributed by atoms with E-state index < -0.39 is 0 Å². The van der Waals surface area contributed by atoms with E-state index in [0.29, 0.717) is 19.6 Å². The van der Waals surface area contributed by atoms with Crippen LogP contribution in [0.1, 0.15) is 37.9 Å². The highest BCUT2D eigenvalue weighted by Crippen LogP contribution is 2.21. The van der Waals surface area contributed by atoms with Crippen molar-refractivity contribution in [3.8, 4) is 0 Å². The lowest BCUT2D eigenvalue weighted by atomic mass is 10.1. The molecule has 0 aromatic carbocycles. The van der Waals surface area contributed by atoms with Crippen LogP contribution in [0.15, 0.2) is 17.4 Å². The zero-order valence-electron chi connectivity index (χ0n) is 15.9. The van der Waals surface area contributed by atoms with Gasteiger partial charge in [0.05, 0.1) is 25.9 Å². The van der Waals surface area contributed by atoms with Gasteiger partial charge in [-0.15, -0.1) is 0 Å². The number of aryl methyl sites for hydroxylation is 1. The van der Waals surface area contributed by atoms with Crippen LogP contribution in [0.4, 0.5) is 0 Å². The number of guanidine groups is 1. The number of aliphatic imine (C=N–C) groups is 1. The van der Waals surface area contributed by atoms with Gasteiger partial charge in [0.15, 0.2) is 5.96 Å². The Kier molecular flexibility index (Phi) is 6.49. The van der Waals surface area contributed by atoms with E-state index in [9.17, 15) is 4.79 Å². The van der Waals surface area contributed by atoms with Gasteiger partial charge in [-0.2, -0.15) is 5.10 Å². The third-order valence-electron chi connectivity index (χ3n) is 4.84. The van der Waals surface area contributed by atoms with Crippen molar-refractivity contribution in [3.05, 3.63) is 18.0 Å². The average Bonchev–Trinajstić information content (AvgIpc) is 3.33. The molecule has 26 heavy (non-hydrogen) atoms. The maximum absolute atomic E-state index is 12.2.